The highest BCUT2D eigenvalue weighted by molar-refractivity contribution is 5.85. The van der Waals surface area contributed by atoms with Gasteiger partial charge in [-0.1, -0.05) is 0 Å². The molecule has 0 aliphatic rings. The number of hydrogen-bond donors (Lipinski definition) is 1. The lowest BCUT2D eigenvalue weighted by molar-refractivity contribution is -0.131. The molecule has 0 fully saturated rings. The van der Waals surface area contributed by atoms with Crippen LogP contribution in [0.15, 0.2) is 23.1 Å². The molecule has 5 nitrogen and oxygen atoms in total. The van der Waals surface area contributed by atoms with Crippen molar-refractivity contribution in [2.45, 2.75) is 0 Å². The van der Waals surface area contributed by atoms with Gasteiger partial charge in [-0.05, 0) is 12.1 Å². The van der Waals surface area contributed by atoms with Crippen LogP contribution >= 0.6 is 0 Å². The Kier molecular flexibility index (Phi) is 2.59. The maximum Gasteiger partial charge on any atom is 0.328 e. The maximum atomic E-state index is 11.2. The molecule has 0 aliphatic carbocycles. The fraction of sp³-hybridized carbons (Fsp3) is 0.125. The van der Waals surface area contributed by atoms with Crippen molar-refractivity contribution in [3.63, 3.8) is 0 Å². The molecule has 0 radical (unpaired) electrons. The monoisotopic (exact) mass is 180 g/mol. The highest BCUT2D eigenvalue weighted by Crippen LogP contribution is 1.91. The van der Waals surface area contributed by atoms with Crippen LogP contribution in [0.3, 0.4) is 0 Å². The van der Waals surface area contributed by atoms with E-state index < -0.39 is 5.97 Å². The molecular formula is C8H8N2O3. The zero-order valence-electron chi connectivity index (χ0n) is 6.97. The Morgan fingerprint density at radius 2 is 2.38 bits per heavy atom. The molecule has 0 aromatic carbocycles. The zero-order chi connectivity index (χ0) is 9.84. The molecule has 0 bridgehead atoms. The molecule has 1 aromatic heterocycles. The lowest BCUT2D eigenvalue weighted by atomic mass is 10.3. The van der Waals surface area contributed by atoms with E-state index in [2.05, 4.69) is 5.10 Å². The van der Waals surface area contributed by atoms with Crippen molar-refractivity contribution in [1.29, 1.82) is 0 Å². The molecular weight excluding hydrogens is 172 g/mol. The van der Waals surface area contributed by atoms with Crippen molar-refractivity contribution >= 4 is 12.0 Å². The van der Waals surface area contributed by atoms with Crippen LogP contribution in [-0.4, -0.2) is 20.9 Å². The predicted molar refractivity (Wildman–Crippen MR) is 46.1 cm³/mol. The van der Waals surface area contributed by atoms with Gasteiger partial charge in [-0.3, -0.25) is 4.79 Å². The van der Waals surface area contributed by atoms with Crippen molar-refractivity contribution in [1.82, 2.24) is 9.78 Å². The van der Waals surface area contributed by atoms with E-state index in [1.165, 1.54) is 25.4 Å². The van der Waals surface area contributed by atoms with Gasteiger partial charge in [0, 0.05) is 24.9 Å². The van der Waals surface area contributed by atoms with Gasteiger partial charge in [-0.15, -0.1) is 0 Å². The molecule has 68 valence electrons. The van der Waals surface area contributed by atoms with Crippen LogP contribution in [0.25, 0.3) is 6.08 Å². The summed E-state index contributed by atoms with van der Waals surface area (Å²) in [4.78, 5) is 21.4. The van der Waals surface area contributed by atoms with Crippen molar-refractivity contribution in [3.8, 4) is 0 Å². The molecule has 1 rings (SSSR count). The summed E-state index contributed by atoms with van der Waals surface area (Å²) in [7, 11) is 1.50. The predicted octanol–water partition coefficient (Wildman–Crippen LogP) is -0.122. The average Bonchev–Trinajstić information content (AvgIpc) is 2.07. The van der Waals surface area contributed by atoms with E-state index in [-0.39, 0.29) is 5.56 Å². The molecule has 1 aromatic rings. The third kappa shape index (κ3) is 2.26. The Labute approximate surface area is 73.9 Å². The van der Waals surface area contributed by atoms with E-state index in [0.717, 1.165) is 10.8 Å². The van der Waals surface area contributed by atoms with Crippen molar-refractivity contribution < 1.29 is 9.90 Å². The Bertz CT molecular complexity index is 406. The third-order valence-electron chi connectivity index (χ3n) is 1.44. The summed E-state index contributed by atoms with van der Waals surface area (Å²) in [5.41, 5.74) is -0.0140. The van der Waals surface area contributed by atoms with Crippen molar-refractivity contribution in [2.24, 2.45) is 7.05 Å². The van der Waals surface area contributed by atoms with Crippen LogP contribution in [0.2, 0.25) is 0 Å². The fourth-order valence-corrected chi connectivity index (χ4v) is 0.812. The summed E-state index contributed by atoms with van der Waals surface area (Å²) < 4.78 is 1.14. The standard InChI is InChI=1S/C8H8N2O3/c1-10-8(13)6(4-5-9-10)2-3-7(11)12/h2-5H,1H3,(H,11,12)/b3-2+. The van der Waals surface area contributed by atoms with Crippen LogP contribution < -0.4 is 5.56 Å². The van der Waals surface area contributed by atoms with Crippen LogP contribution in [0.1, 0.15) is 5.56 Å². The minimum atomic E-state index is -1.08. The molecule has 0 aliphatic heterocycles. The summed E-state index contributed by atoms with van der Waals surface area (Å²) in [5.74, 6) is -1.08. The van der Waals surface area contributed by atoms with Crippen molar-refractivity contribution in [2.75, 3.05) is 0 Å². The van der Waals surface area contributed by atoms with E-state index in [1.807, 2.05) is 0 Å². The first-order chi connectivity index (χ1) is 6.11. The summed E-state index contributed by atoms with van der Waals surface area (Å²) in [6.45, 7) is 0. The van der Waals surface area contributed by atoms with E-state index in [4.69, 9.17) is 5.11 Å². The number of aryl methyl sites for hydroxylation is 1. The summed E-state index contributed by atoms with van der Waals surface area (Å²) in [5, 5.41) is 12.0. The fourth-order valence-electron chi connectivity index (χ4n) is 0.812. The van der Waals surface area contributed by atoms with E-state index in [9.17, 15) is 9.59 Å². The van der Waals surface area contributed by atoms with Crippen molar-refractivity contribution in [3.05, 3.63) is 34.3 Å². The summed E-state index contributed by atoms with van der Waals surface area (Å²) in [6.07, 6.45) is 3.59. The Morgan fingerprint density at radius 3 is 3.00 bits per heavy atom. The average molecular weight is 180 g/mol. The van der Waals surface area contributed by atoms with Crippen LogP contribution in [0, 0.1) is 0 Å². The number of carboxylic acids is 1. The Hall–Kier alpha value is -1.91. The van der Waals surface area contributed by atoms with Gasteiger partial charge in [0.25, 0.3) is 5.56 Å². The lowest BCUT2D eigenvalue weighted by Crippen LogP contribution is -2.20. The first kappa shape index (κ1) is 9.18. The quantitative estimate of drug-likeness (QED) is 0.644. The lowest BCUT2D eigenvalue weighted by Gasteiger charge is -1.95. The molecule has 0 amide bonds. The number of carboxylic acid groups (broad SMARTS) is 1. The topological polar surface area (TPSA) is 72.2 Å². The van der Waals surface area contributed by atoms with E-state index in [1.54, 1.807) is 0 Å². The zero-order valence-corrected chi connectivity index (χ0v) is 6.97. The van der Waals surface area contributed by atoms with Gasteiger partial charge >= 0.3 is 5.97 Å². The number of hydrogen-bond acceptors (Lipinski definition) is 3. The molecule has 13 heavy (non-hydrogen) atoms. The number of nitrogens with zero attached hydrogens (tertiary/aromatic N) is 2. The van der Waals surface area contributed by atoms with E-state index >= 15 is 0 Å². The largest absolute Gasteiger partial charge is 0.478 e. The number of aliphatic carboxylic acids is 1. The summed E-state index contributed by atoms with van der Waals surface area (Å²) >= 11 is 0. The van der Waals surface area contributed by atoms with Crippen LogP contribution in [0.5, 0.6) is 0 Å². The Morgan fingerprint density at radius 1 is 1.69 bits per heavy atom. The maximum absolute atomic E-state index is 11.2. The second-order valence-electron chi connectivity index (χ2n) is 2.39. The van der Waals surface area contributed by atoms with Gasteiger partial charge in [-0.25, -0.2) is 9.48 Å². The number of aromatic nitrogens is 2. The molecule has 0 unspecified atom stereocenters. The number of carbonyl (C=O) groups is 1. The molecule has 0 saturated heterocycles. The SMILES string of the molecule is Cn1nccc(/C=C/C(=O)O)c1=O. The minimum Gasteiger partial charge on any atom is -0.478 e. The molecule has 0 atom stereocenters. The highest BCUT2D eigenvalue weighted by atomic mass is 16.4. The first-order valence-corrected chi connectivity index (χ1v) is 3.54. The minimum absolute atomic E-state index is 0.305. The van der Waals surface area contributed by atoms with Gasteiger partial charge in [-0.2, -0.15) is 5.10 Å². The van der Waals surface area contributed by atoms with Gasteiger partial charge in [0.1, 0.15) is 0 Å². The van der Waals surface area contributed by atoms with E-state index in [0.29, 0.717) is 5.56 Å². The van der Waals surface area contributed by atoms with Gasteiger partial charge in [0.2, 0.25) is 0 Å². The van der Waals surface area contributed by atoms with Crippen LogP contribution in [0.4, 0.5) is 0 Å². The second-order valence-corrected chi connectivity index (χ2v) is 2.39. The van der Waals surface area contributed by atoms with Gasteiger partial charge < -0.3 is 5.11 Å². The third-order valence-corrected chi connectivity index (χ3v) is 1.44. The molecule has 5 heteroatoms. The number of rotatable bonds is 2. The smallest absolute Gasteiger partial charge is 0.328 e. The molecule has 1 heterocycles. The second kappa shape index (κ2) is 3.66. The van der Waals surface area contributed by atoms with Gasteiger partial charge in [0.05, 0.1) is 0 Å². The highest BCUT2D eigenvalue weighted by Gasteiger charge is 1.97. The first-order valence-electron chi connectivity index (χ1n) is 3.54. The molecule has 1 N–H and O–H groups in total. The molecule has 0 saturated carbocycles. The Balaban J connectivity index is 3.10. The summed E-state index contributed by atoms with van der Waals surface area (Å²) in [6, 6.07) is 1.46. The van der Waals surface area contributed by atoms with Gasteiger partial charge in [0.15, 0.2) is 0 Å². The molecule has 0 spiro atoms. The normalized spacial score (nSPS) is 10.5. The van der Waals surface area contributed by atoms with Crippen LogP contribution in [-0.2, 0) is 11.8 Å².